The number of para-hydroxylation sites is 1. The van der Waals surface area contributed by atoms with Crippen molar-refractivity contribution in [3.05, 3.63) is 59.1 Å². The maximum Gasteiger partial charge on any atom is 0.267 e. The normalized spacial score (nSPS) is 9.89. The number of hydrogen-bond donors (Lipinski definition) is 3. The largest absolute Gasteiger partial charge is 0.355 e. The second-order valence-electron chi connectivity index (χ2n) is 3.65. The van der Waals surface area contributed by atoms with Crippen LogP contribution in [-0.4, -0.2) is 5.91 Å². The maximum atomic E-state index is 11.6. The van der Waals surface area contributed by atoms with Crippen LogP contribution in [0.5, 0.6) is 0 Å². The van der Waals surface area contributed by atoms with Gasteiger partial charge in [0.15, 0.2) is 0 Å². The lowest BCUT2D eigenvalue weighted by Crippen LogP contribution is -2.30. The number of nitrogens with two attached hydrogens (primary N) is 1. The van der Waals surface area contributed by atoms with Crippen LogP contribution < -0.4 is 16.6 Å². The molecule has 0 aromatic heterocycles. The second-order valence-corrected chi connectivity index (χ2v) is 4.09. The summed E-state index contributed by atoms with van der Waals surface area (Å²) in [7, 11) is 0. The molecule has 0 saturated carbocycles. The van der Waals surface area contributed by atoms with Crippen molar-refractivity contribution in [2.24, 2.45) is 5.84 Å². The highest BCUT2D eigenvalue weighted by atomic mass is 35.5. The van der Waals surface area contributed by atoms with E-state index in [0.717, 1.165) is 5.69 Å². The van der Waals surface area contributed by atoms with Gasteiger partial charge in [-0.3, -0.25) is 10.2 Å². The van der Waals surface area contributed by atoms with Gasteiger partial charge in [-0.15, -0.1) is 0 Å². The van der Waals surface area contributed by atoms with Gasteiger partial charge in [0, 0.05) is 10.7 Å². The van der Waals surface area contributed by atoms with Crippen molar-refractivity contribution in [1.29, 1.82) is 0 Å². The first-order valence-corrected chi connectivity index (χ1v) is 5.71. The summed E-state index contributed by atoms with van der Waals surface area (Å²) in [5.74, 6) is 4.80. The van der Waals surface area contributed by atoms with E-state index in [2.05, 4.69) is 10.7 Å². The van der Waals surface area contributed by atoms with Crippen LogP contribution in [0.15, 0.2) is 48.5 Å². The molecule has 18 heavy (non-hydrogen) atoms. The third kappa shape index (κ3) is 2.80. The van der Waals surface area contributed by atoms with E-state index in [4.69, 9.17) is 17.4 Å². The molecule has 2 aromatic carbocycles. The van der Waals surface area contributed by atoms with Crippen molar-refractivity contribution >= 4 is 28.9 Å². The minimum absolute atomic E-state index is 0.341. The van der Waals surface area contributed by atoms with Crippen LogP contribution in [0.25, 0.3) is 0 Å². The molecule has 0 heterocycles. The van der Waals surface area contributed by atoms with Crippen LogP contribution >= 0.6 is 11.6 Å². The predicted octanol–water partition coefficient (Wildman–Crippen LogP) is 2.69. The average Bonchev–Trinajstić information content (AvgIpc) is 2.41. The van der Waals surface area contributed by atoms with Gasteiger partial charge in [0.25, 0.3) is 5.91 Å². The number of nitrogen functional groups attached to an aromatic ring is 1. The van der Waals surface area contributed by atoms with E-state index < -0.39 is 0 Å². The summed E-state index contributed by atoms with van der Waals surface area (Å²) in [6.45, 7) is 0. The van der Waals surface area contributed by atoms with Crippen LogP contribution in [0.4, 0.5) is 11.4 Å². The Labute approximate surface area is 110 Å². The fraction of sp³-hybridized carbons (Fsp3) is 0. The third-order valence-corrected chi connectivity index (χ3v) is 2.68. The zero-order chi connectivity index (χ0) is 13.0. The van der Waals surface area contributed by atoms with E-state index in [-0.39, 0.29) is 5.91 Å². The molecule has 0 spiro atoms. The van der Waals surface area contributed by atoms with Gasteiger partial charge < -0.3 is 5.32 Å². The molecule has 5 heteroatoms. The first-order valence-electron chi connectivity index (χ1n) is 5.33. The molecular weight excluding hydrogens is 250 g/mol. The monoisotopic (exact) mass is 261 g/mol. The highest BCUT2D eigenvalue weighted by Crippen LogP contribution is 2.22. The van der Waals surface area contributed by atoms with Crippen LogP contribution in [0.3, 0.4) is 0 Å². The number of halogens is 1. The number of hydrogen-bond acceptors (Lipinski definition) is 3. The molecule has 4 nitrogen and oxygen atoms in total. The van der Waals surface area contributed by atoms with Crippen LogP contribution in [0.1, 0.15) is 10.4 Å². The topological polar surface area (TPSA) is 67.1 Å². The number of carbonyl (C=O) groups excluding carboxylic acids is 1. The Balaban J connectivity index is 2.28. The van der Waals surface area contributed by atoms with Crippen LogP contribution in [-0.2, 0) is 0 Å². The SMILES string of the molecule is NNC(=O)c1ccccc1Nc1ccc(Cl)cc1. The summed E-state index contributed by atoms with van der Waals surface area (Å²) in [6.07, 6.45) is 0. The quantitative estimate of drug-likeness (QED) is 0.452. The van der Waals surface area contributed by atoms with E-state index in [0.29, 0.717) is 16.3 Å². The second kappa shape index (κ2) is 5.53. The first kappa shape index (κ1) is 12.4. The summed E-state index contributed by atoms with van der Waals surface area (Å²) in [4.78, 5) is 11.6. The van der Waals surface area contributed by atoms with Crippen molar-refractivity contribution in [2.75, 3.05) is 5.32 Å². The summed E-state index contributed by atoms with van der Waals surface area (Å²) in [5, 5.41) is 3.80. The Kier molecular flexibility index (Phi) is 3.82. The van der Waals surface area contributed by atoms with Crippen molar-refractivity contribution in [1.82, 2.24) is 5.43 Å². The summed E-state index contributed by atoms with van der Waals surface area (Å²) >= 11 is 5.81. The lowest BCUT2D eigenvalue weighted by Gasteiger charge is -2.10. The number of nitrogens with one attached hydrogen (secondary N) is 2. The molecule has 1 amide bonds. The Hall–Kier alpha value is -2.04. The molecule has 0 saturated heterocycles. The predicted molar refractivity (Wildman–Crippen MR) is 72.8 cm³/mol. The fourth-order valence-corrected chi connectivity index (χ4v) is 1.68. The van der Waals surface area contributed by atoms with Crippen molar-refractivity contribution < 1.29 is 4.79 Å². The van der Waals surface area contributed by atoms with Gasteiger partial charge in [-0.2, -0.15) is 0 Å². The molecule has 2 aromatic rings. The number of anilines is 2. The smallest absolute Gasteiger partial charge is 0.267 e. The molecule has 0 aliphatic carbocycles. The lowest BCUT2D eigenvalue weighted by molar-refractivity contribution is 0.0954. The molecule has 0 unspecified atom stereocenters. The van der Waals surface area contributed by atoms with Gasteiger partial charge in [-0.25, -0.2) is 5.84 Å². The number of hydrazine groups is 1. The van der Waals surface area contributed by atoms with E-state index in [9.17, 15) is 4.79 Å². The molecule has 0 radical (unpaired) electrons. The Morgan fingerprint density at radius 3 is 2.39 bits per heavy atom. The lowest BCUT2D eigenvalue weighted by atomic mass is 10.1. The van der Waals surface area contributed by atoms with Crippen molar-refractivity contribution in [2.45, 2.75) is 0 Å². The summed E-state index contributed by atoms with van der Waals surface area (Å²) in [5.41, 5.74) is 4.13. The Morgan fingerprint density at radius 2 is 1.72 bits per heavy atom. The molecule has 0 aliphatic heterocycles. The summed E-state index contributed by atoms with van der Waals surface area (Å²) < 4.78 is 0. The Bertz CT molecular complexity index is 554. The number of rotatable bonds is 3. The van der Waals surface area contributed by atoms with Gasteiger partial charge in [-0.05, 0) is 36.4 Å². The van der Waals surface area contributed by atoms with Gasteiger partial charge in [0.1, 0.15) is 0 Å². The van der Waals surface area contributed by atoms with E-state index in [1.54, 1.807) is 30.3 Å². The zero-order valence-corrected chi connectivity index (χ0v) is 10.2. The van der Waals surface area contributed by atoms with Gasteiger partial charge in [0.2, 0.25) is 0 Å². The first-order chi connectivity index (χ1) is 8.70. The summed E-state index contributed by atoms with van der Waals surface area (Å²) in [6, 6.07) is 14.3. The molecule has 0 aliphatic rings. The standard InChI is InChI=1S/C13H12ClN3O/c14-9-5-7-10(8-6-9)16-12-4-2-1-3-11(12)13(18)17-15/h1-8,16H,15H2,(H,17,18). The molecule has 2 rings (SSSR count). The number of benzene rings is 2. The van der Waals surface area contributed by atoms with Gasteiger partial charge in [0.05, 0.1) is 11.3 Å². The fourth-order valence-electron chi connectivity index (χ4n) is 1.56. The van der Waals surface area contributed by atoms with Crippen LogP contribution in [0.2, 0.25) is 5.02 Å². The third-order valence-electron chi connectivity index (χ3n) is 2.43. The van der Waals surface area contributed by atoms with E-state index in [1.165, 1.54) is 0 Å². The van der Waals surface area contributed by atoms with E-state index in [1.807, 2.05) is 18.2 Å². The highest BCUT2D eigenvalue weighted by molar-refractivity contribution is 6.30. The number of carbonyl (C=O) groups is 1. The van der Waals surface area contributed by atoms with E-state index >= 15 is 0 Å². The minimum Gasteiger partial charge on any atom is -0.355 e. The Morgan fingerprint density at radius 1 is 1.06 bits per heavy atom. The van der Waals surface area contributed by atoms with Gasteiger partial charge >= 0.3 is 0 Å². The molecule has 4 N–H and O–H groups in total. The molecular formula is C13H12ClN3O. The molecule has 92 valence electrons. The molecule has 0 bridgehead atoms. The molecule has 0 fully saturated rings. The number of amides is 1. The van der Waals surface area contributed by atoms with Crippen molar-refractivity contribution in [3.63, 3.8) is 0 Å². The molecule has 0 atom stereocenters. The van der Waals surface area contributed by atoms with Crippen molar-refractivity contribution in [3.8, 4) is 0 Å². The van der Waals surface area contributed by atoms with Crippen LogP contribution in [0, 0.1) is 0 Å². The van der Waals surface area contributed by atoms with Gasteiger partial charge in [-0.1, -0.05) is 23.7 Å². The maximum absolute atomic E-state index is 11.6. The minimum atomic E-state index is -0.341. The zero-order valence-electron chi connectivity index (χ0n) is 9.48. The average molecular weight is 262 g/mol. The highest BCUT2D eigenvalue weighted by Gasteiger charge is 2.09.